The molecule has 6 nitrogen and oxygen atoms in total. The Morgan fingerprint density at radius 2 is 2.00 bits per heavy atom. The maximum absolute atomic E-state index is 12.8. The molecule has 8 heteroatoms. The summed E-state index contributed by atoms with van der Waals surface area (Å²) in [5.41, 5.74) is 0.831. The molecular formula is C16H20ClN3O3S. The second-order valence-corrected chi connectivity index (χ2v) is 7.42. The van der Waals surface area contributed by atoms with Crippen LogP contribution in [-0.4, -0.2) is 42.5 Å². The van der Waals surface area contributed by atoms with Gasteiger partial charge in [-0.3, -0.25) is 0 Å². The van der Waals surface area contributed by atoms with E-state index in [-0.39, 0.29) is 29.6 Å². The molecule has 2 rings (SSSR count). The maximum Gasteiger partial charge on any atom is 0.245 e. The van der Waals surface area contributed by atoms with Gasteiger partial charge in [-0.25, -0.2) is 13.4 Å². The fourth-order valence-electron chi connectivity index (χ4n) is 2.19. The molecule has 0 saturated heterocycles. The minimum Gasteiger partial charge on any atom is -0.395 e. The Bertz CT molecular complexity index is 769. The van der Waals surface area contributed by atoms with E-state index >= 15 is 0 Å². The predicted octanol–water partition coefficient (Wildman–Crippen LogP) is 2.35. The molecule has 1 aromatic heterocycles. The molecule has 2 aromatic rings. The van der Waals surface area contributed by atoms with Crippen molar-refractivity contribution in [3.63, 3.8) is 0 Å². The van der Waals surface area contributed by atoms with Gasteiger partial charge in [0.2, 0.25) is 10.0 Å². The maximum atomic E-state index is 12.8. The number of anilines is 1. The summed E-state index contributed by atoms with van der Waals surface area (Å²) in [6, 6.07) is 10.6. The van der Waals surface area contributed by atoms with E-state index in [1.165, 1.54) is 16.6 Å². The number of hydrogen-bond donors (Lipinski definition) is 2. The summed E-state index contributed by atoms with van der Waals surface area (Å²) in [7, 11) is -3.82. The Balaban J connectivity index is 2.32. The van der Waals surface area contributed by atoms with Gasteiger partial charge in [0.15, 0.2) is 0 Å². The first-order valence-corrected chi connectivity index (χ1v) is 9.35. The van der Waals surface area contributed by atoms with E-state index in [1.54, 1.807) is 0 Å². The van der Waals surface area contributed by atoms with Crippen LogP contribution in [-0.2, 0) is 16.6 Å². The Labute approximate surface area is 147 Å². The van der Waals surface area contributed by atoms with Crippen molar-refractivity contribution < 1.29 is 13.5 Å². The molecule has 0 aliphatic rings. The van der Waals surface area contributed by atoms with Gasteiger partial charge in [-0.15, -0.1) is 0 Å². The third-order valence-corrected chi connectivity index (χ3v) is 5.45. The zero-order chi connectivity index (χ0) is 17.6. The van der Waals surface area contributed by atoms with E-state index in [1.807, 2.05) is 37.3 Å². The molecule has 0 amide bonds. The van der Waals surface area contributed by atoms with Gasteiger partial charge in [-0.1, -0.05) is 41.9 Å². The van der Waals surface area contributed by atoms with Gasteiger partial charge in [0, 0.05) is 25.8 Å². The molecule has 1 heterocycles. The smallest absolute Gasteiger partial charge is 0.245 e. The van der Waals surface area contributed by atoms with E-state index in [2.05, 4.69) is 10.3 Å². The number of rotatable bonds is 8. The fourth-order valence-corrected chi connectivity index (χ4v) is 3.88. The number of aromatic nitrogens is 1. The number of halogens is 1. The van der Waals surface area contributed by atoms with Gasteiger partial charge in [0.1, 0.15) is 10.7 Å². The molecule has 130 valence electrons. The van der Waals surface area contributed by atoms with Crippen LogP contribution in [0.15, 0.2) is 47.5 Å². The topological polar surface area (TPSA) is 82.5 Å². The molecule has 0 aliphatic carbocycles. The highest BCUT2D eigenvalue weighted by molar-refractivity contribution is 7.89. The van der Waals surface area contributed by atoms with Crippen LogP contribution in [0.3, 0.4) is 0 Å². The predicted molar refractivity (Wildman–Crippen MR) is 94.5 cm³/mol. The molecule has 0 fully saturated rings. The minimum absolute atomic E-state index is 0.00136. The average Bonchev–Trinajstić information content (AvgIpc) is 2.57. The number of aliphatic hydroxyl groups is 1. The van der Waals surface area contributed by atoms with Crippen LogP contribution in [0.25, 0.3) is 0 Å². The monoisotopic (exact) mass is 369 g/mol. The van der Waals surface area contributed by atoms with E-state index in [4.69, 9.17) is 11.6 Å². The van der Waals surface area contributed by atoms with E-state index in [0.29, 0.717) is 12.4 Å². The van der Waals surface area contributed by atoms with Crippen LogP contribution in [0.1, 0.15) is 12.5 Å². The van der Waals surface area contributed by atoms with E-state index in [9.17, 15) is 13.5 Å². The number of hydrogen-bond acceptors (Lipinski definition) is 5. The van der Waals surface area contributed by atoms with E-state index in [0.717, 1.165) is 5.56 Å². The van der Waals surface area contributed by atoms with Crippen LogP contribution in [0.5, 0.6) is 0 Å². The molecule has 2 N–H and O–H groups in total. The first-order valence-electron chi connectivity index (χ1n) is 7.53. The minimum atomic E-state index is -3.82. The Morgan fingerprint density at radius 1 is 1.29 bits per heavy atom. The van der Waals surface area contributed by atoms with Crippen molar-refractivity contribution in [2.45, 2.75) is 18.4 Å². The zero-order valence-corrected chi connectivity index (χ0v) is 14.9. The summed E-state index contributed by atoms with van der Waals surface area (Å²) in [6.45, 7) is 2.40. The van der Waals surface area contributed by atoms with Gasteiger partial charge in [-0.2, -0.15) is 4.31 Å². The third-order valence-electron chi connectivity index (χ3n) is 3.35. The second-order valence-electron chi connectivity index (χ2n) is 5.08. The Hall–Kier alpha value is -1.67. The normalized spacial score (nSPS) is 11.7. The quantitative estimate of drug-likeness (QED) is 0.746. The number of sulfonamides is 1. The molecule has 1 aromatic carbocycles. The van der Waals surface area contributed by atoms with Crippen LogP contribution in [0.4, 0.5) is 5.82 Å². The van der Waals surface area contributed by atoms with E-state index < -0.39 is 10.0 Å². The fraction of sp³-hybridized carbons (Fsp3) is 0.312. The lowest BCUT2D eigenvalue weighted by molar-refractivity contribution is 0.251. The summed E-state index contributed by atoms with van der Waals surface area (Å²) >= 11 is 6.10. The molecular weight excluding hydrogens is 350 g/mol. The van der Waals surface area contributed by atoms with Crippen molar-refractivity contribution in [3.05, 3.63) is 53.2 Å². The molecule has 0 atom stereocenters. The number of benzene rings is 1. The largest absolute Gasteiger partial charge is 0.395 e. The van der Waals surface area contributed by atoms with Crippen molar-refractivity contribution in [2.24, 2.45) is 0 Å². The summed E-state index contributed by atoms with van der Waals surface area (Å²) < 4.78 is 26.9. The van der Waals surface area contributed by atoms with Gasteiger partial charge in [-0.05, 0) is 18.6 Å². The van der Waals surface area contributed by atoms with Gasteiger partial charge < -0.3 is 10.4 Å². The highest BCUT2D eigenvalue weighted by Crippen LogP contribution is 2.25. The Morgan fingerprint density at radius 3 is 2.58 bits per heavy atom. The van der Waals surface area contributed by atoms with Crippen molar-refractivity contribution in [2.75, 3.05) is 25.0 Å². The summed E-state index contributed by atoms with van der Waals surface area (Å²) in [6.07, 6.45) is 1.27. The molecule has 0 bridgehead atoms. The molecule has 24 heavy (non-hydrogen) atoms. The van der Waals surface area contributed by atoms with Gasteiger partial charge >= 0.3 is 0 Å². The van der Waals surface area contributed by atoms with Crippen LogP contribution in [0, 0.1) is 0 Å². The van der Waals surface area contributed by atoms with Crippen molar-refractivity contribution in [1.82, 2.24) is 9.29 Å². The SMILES string of the molecule is CCNc1ncc(S(=O)(=O)N(CCO)Cc2ccccc2)cc1Cl. The van der Waals surface area contributed by atoms with Crippen molar-refractivity contribution >= 4 is 27.4 Å². The summed E-state index contributed by atoms with van der Waals surface area (Å²) in [4.78, 5) is 4.07. The highest BCUT2D eigenvalue weighted by Gasteiger charge is 2.25. The summed E-state index contributed by atoms with van der Waals surface area (Å²) in [5.74, 6) is 0.440. The van der Waals surface area contributed by atoms with Crippen molar-refractivity contribution in [1.29, 1.82) is 0 Å². The van der Waals surface area contributed by atoms with Crippen molar-refractivity contribution in [3.8, 4) is 0 Å². The highest BCUT2D eigenvalue weighted by atomic mass is 35.5. The average molecular weight is 370 g/mol. The van der Waals surface area contributed by atoms with Gasteiger partial charge in [0.25, 0.3) is 0 Å². The number of pyridine rings is 1. The third kappa shape index (κ3) is 4.45. The first kappa shape index (κ1) is 18.7. The lowest BCUT2D eigenvalue weighted by Crippen LogP contribution is -2.33. The lowest BCUT2D eigenvalue weighted by Gasteiger charge is -2.21. The molecule has 0 unspecified atom stereocenters. The lowest BCUT2D eigenvalue weighted by atomic mass is 10.2. The van der Waals surface area contributed by atoms with Crippen LogP contribution >= 0.6 is 11.6 Å². The standard InChI is InChI=1S/C16H20ClN3O3S/c1-2-18-16-15(17)10-14(11-19-16)24(22,23)20(8-9-21)12-13-6-4-3-5-7-13/h3-7,10-11,21H,2,8-9,12H2,1H3,(H,18,19). The number of aliphatic hydroxyl groups excluding tert-OH is 1. The van der Waals surface area contributed by atoms with Crippen LogP contribution in [0.2, 0.25) is 5.02 Å². The number of nitrogens with zero attached hydrogens (tertiary/aromatic N) is 2. The summed E-state index contributed by atoms with van der Waals surface area (Å²) in [5, 5.41) is 12.4. The zero-order valence-electron chi connectivity index (χ0n) is 13.3. The molecule has 0 radical (unpaired) electrons. The molecule has 0 aliphatic heterocycles. The van der Waals surface area contributed by atoms with Gasteiger partial charge in [0.05, 0.1) is 11.6 Å². The second kappa shape index (κ2) is 8.43. The first-order chi connectivity index (χ1) is 11.5. The number of nitrogens with one attached hydrogen (secondary N) is 1. The molecule has 0 saturated carbocycles. The van der Waals surface area contributed by atoms with Crippen LogP contribution < -0.4 is 5.32 Å². The Kier molecular flexibility index (Phi) is 6.56. The molecule has 0 spiro atoms.